The summed E-state index contributed by atoms with van der Waals surface area (Å²) in [5.74, 6) is -1.25. The van der Waals surface area contributed by atoms with Crippen molar-refractivity contribution in [2.45, 2.75) is 22.6 Å². The second kappa shape index (κ2) is 9.65. The topological polar surface area (TPSA) is 101 Å². The average Bonchev–Trinajstić information content (AvgIpc) is 2.91. The Morgan fingerprint density at radius 3 is 2.17 bits per heavy atom. The van der Waals surface area contributed by atoms with Gasteiger partial charge in [-0.2, -0.15) is 4.31 Å². The molecule has 0 aromatic heterocycles. The Hall–Kier alpha value is -3.27. The van der Waals surface area contributed by atoms with Gasteiger partial charge in [0.15, 0.2) is 11.6 Å². The zero-order valence-corrected chi connectivity index (χ0v) is 21.2. The van der Waals surface area contributed by atoms with E-state index in [1.165, 1.54) is 16.1 Å². The van der Waals surface area contributed by atoms with E-state index in [-0.39, 0.29) is 46.6 Å². The first-order valence-corrected chi connectivity index (χ1v) is 14.2. The number of carbonyl (C=O) groups is 3. The summed E-state index contributed by atoms with van der Waals surface area (Å²) >= 11 is 1.38. The van der Waals surface area contributed by atoms with Crippen molar-refractivity contribution >= 4 is 44.9 Å². The van der Waals surface area contributed by atoms with Crippen LogP contribution < -0.4 is 5.32 Å². The Labute approximate surface area is 213 Å². The van der Waals surface area contributed by atoms with Crippen LogP contribution in [-0.4, -0.2) is 49.5 Å². The van der Waals surface area contributed by atoms with E-state index in [1.54, 1.807) is 66.7 Å². The highest BCUT2D eigenvalue weighted by atomic mass is 32.2. The normalized spacial score (nSPS) is 16.4. The van der Waals surface area contributed by atoms with E-state index < -0.39 is 15.9 Å². The minimum absolute atomic E-state index is 0.197. The van der Waals surface area contributed by atoms with E-state index in [9.17, 15) is 22.8 Å². The summed E-state index contributed by atoms with van der Waals surface area (Å²) in [6.45, 7) is 0.446. The molecule has 7 nitrogen and oxygen atoms in total. The number of rotatable bonds is 5. The lowest BCUT2D eigenvalue weighted by Gasteiger charge is -2.31. The molecule has 0 saturated carbocycles. The molecular weight excluding hydrogens is 496 g/mol. The highest BCUT2D eigenvalue weighted by Gasteiger charge is 2.35. The Balaban J connectivity index is 1.32. The van der Waals surface area contributed by atoms with Crippen LogP contribution in [0.2, 0.25) is 0 Å². The number of piperidine rings is 1. The first-order valence-electron chi connectivity index (χ1n) is 11.6. The summed E-state index contributed by atoms with van der Waals surface area (Å²) in [7, 11) is -3.67. The highest BCUT2D eigenvalue weighted by molar-refractivity contribution is 7.99. The Kier molecular flexibility index (Phi) is 6.55. The summed E-state index contributed by atoms with van der Waals surface area (Å²) in [6, 6.07) is 18.4. The van der Waals surface area contributed by atoms with Crippen LogP contribution in [0.25, 0.3) is 0 Å². The van der Waals surface area contributed by atoms with E-state index in [1.807, 2.05) is 6.26 Å². The van der Waals surface area contributed by atoms with Gasteiger partial charge in [-0.15, -0.1) is 11.8 Å². The second-order valence-electron chi connectivity index (χ2n) is 8.75. The lowest BCUT2D eigenvalue weighted by Crippen LogP contribution is -2.41. The summed E-state index contributed by atoms with van der Waals surface area (Å²) in [5, 5.41) is 2.84. The quantitative estimate of drug-likeness (QED) is 0.396. The molecule has 5 rings (SSSR count). The molecule has 1 N–H and O–H groups in total. The predicted molar refractivity (Wildman–Crippen MR) is 138 cm³/mol. The highest BCUT2D eigenvalue weighted by Crippen LogP contribution is 2.33. The molecular formula is C27H24N2O5S2. The molecule has 0 atom stereocenters. The molecule has 3 aromatic carbocycles. The number of ketones is 2. The van der Waals surface area contributed by atoms with Gasteiger partial charge in [-0.3, -0.25) is 14.4 Å². The Morgan fingerprint density at radius 2 is 1.47 bits per heavy atom. The maximum Gasteiger partial charge on any atom is 0.244 e. The third-order valence-corrected chi connectivity index (χ3v) is 9.60. The van der Waals surface area contributed by atoms with Gasteiger partial charge in [-0.25, -0.2) is 8.42 Å². The lowest BCUT2D eigenvalue weighted by atomic mass is 9.83. The number of fused-ring (bicyclic) bond motifs is 2. The molecule has 9 heteroatoms. The molecule has 1 aliphatic carbocycles. The van der Waals surface area contributed by atoms with Crippen molar-refractivity contribution in [1.29, 1.82) is 0 Å². The van der Waals surface area contributed by atoms with Crippen molar-refractivity contribution in [3.8, 4) is 0 Å². The van der Waals surface area contributed by atoms with Crippen molar-refractivity contribution < 1.29 is 22.8 Å². The largest absolute Gasteiger partial charge is 0.325 e. The van der Waals surface area contributed by atoms with E-state index in [4.69, 9.17) is 0 Å². The second-order valence-corrected chi connectivity index (χ2v) is 11.5. The molecule has 1 saturated heterocycles. The van der Waals surface area contributed by atoms with Crippen LogP contribution in [0, 0.1) is 5.92 Å². The van der Waals surface area contributed by atoms with Gasteiger partial charge in [0.1, 0.15) is 0 Å². The van der Waals surface area contributed by atoms with Gasteiger partial charge in [0.2, 0.25) is 15.9 Å². The van der Waals surface area contributed by atoms with Crippen LogP contribution in [0.1, 0.15) is 44.7 Å². The maximum atomic E-state index is 13.2. The molecule has 2 aliphatic rings. The van der Waals surface area contributed by atoms with Gasteiger partial charge < -0.3 is 5.32 Å². The minimum Gasteiger partial charge on any atom is -0.325 e. The average molecular weight is 521 g/mol. The minimum atomic E-state index is -3.67. The van der Waals surface area contributed by atoms with Crippen LogP contribution in [-0.2, 0) is 14.8 Å². The SMILES string of the molecule is CSc1ccccc1S(=O)(=O)N1CCC(C(=O)Nc2cccc3c2C(=O)c2ccccc2C3=O)CC1. The van der Waals surface area contributed by atoms with Crippen LogP contribution in [0.5, 0.6) is 0 Å². The van der Waals surface area contributed by atoms with Gasteiger partial charge in [-0.05, 0) is 37.3 Å². The van der Waals surface area contributed by atoms with Gasteiger partial charge in [-0.1, -0.05) is 48.5 Å². The van der Waals surface area contributed by atoms with Crippen molar-refractivity contribution in [3.05, 3.63) is 89.0 Å². The third kappa shape index (κ3) is 4.17. The number of thioether (sulfide) groups is 1. The van der Waals surface area contributed by atoms with Crippen molar-refractivity contribution in [3.63, 3.8) is 0 Å². The molecule has 0 bridgehead atoms. The number of carbonyl (C=O) groups excluding carboxylic acids is 3. The fraction of sp³-hybridized carbons (Fsp3) is 0.222. The van der Waals surface area contributed by atoms with E-state index in [2.05, 4.69) is 5.32 Å². The van der Waals surface area contributed by atoms with E-state index in [0.717, 1.165) is 0 Å². The van der Waals surface area contributed by atoms with E-state index in [0.29, 0.717) is 34.6 Å². The van der Waals surface area contributed by atoms with Gasteiger partial charge >= 0.3 is 0 Å². The number of nitrogens with zero attached hydrogens (tertiary/aromatic N) is 1. The van der Waals surface area contributed by atoms with Crippen LogP contribution >= 0.6 is 11.8 Å². The number of sulfonamides is 1. The number of anilines is 1. The van der Waals surface area contributed by atoms with Gasteiger partial charge in [0.05, 0.1) is 16.1 Å². The maximum absolute atomic E-state index is 13.2. The molecule has 184 valence electrons. The first-order chi connectivity index (χ1) is 17.3. The molecule has 0 unspecified atom stereocenters. The van der Waals surface area contributed by atoms with Crippen molar-refractivity contribution in [2.24, 2.45) is 5.92 Å². The summed E-state index contributed by atoms with van der Waals surface area (Å²) in [4.78, 5) is 40.3. The Morgan fingerprint density at radius 1 is 0.861 bits per heavy atom. The molecule has 3 aromatic rings. The molecule has 36 heavy (non-hydrogen) atoms. The first kappa shape index (κ1) is 24.4. The zero-order valence-electron chi connectivity index (χ0n) is 19.6. The summed E-state index contributed by atoms with van der Waals surface area (Å²) in [6.07, 6.45) is 2.55. The zero-order chi connectivity index (χ0) is 25.4. The molecule has 1 heterocycles. The fourth-order valence-electron chi connectivity index (χ4n) is 4.81. The van der Waals surface area contributed by atoms with Crippen molar-refractivity contribution in [2.75, 3.05) is 24.7 Å². The van der Waals surface area contributed by atoms with Crippen LogP contribution in [0.3, 0.4) is 0 Å². The third-order valence-electron chi connectivity index (χ3n) is 6.72. The van der Waals surface area contributed by atoms with E-state index >= 15 is 0 Å². The molecule has 0 spiro atoms. The molecule has 0 radical (unpaired) electrons. The number of amides is 1. The Bertz CT molecular complexity index is 1490. The smallest absolute Gasteiger partial charge is 0.244 e. The fourth-order valence-corrected chi connectivity index (χ4v) is 7.41. The summed E-state index contributed by atoms with van der Waals surface area (Å²) in [5.41, 5.74) is 1.44. The van der Waals surface area contributed by atoms with Crippen molar-refractivity contribution in [1.82, 2.24) is 4.31 Å². The number of hydrogen-bond donors (Lipinski definition) is 1. The molecule has 1 aliphatic heterocycles. The molecule has 1 fully saturated rings. The van der Waals surface area contributed by atoms with Gasteiger partial charge in [0.25, 0.3) is 0 Å². The number of hydrogen-bond acceptors (Lipinski definition) is 6. The number of nitrogens with one attached hydrogen (secondary N) is 1. The summed E-state index contributed by atoms with van der Waals surface area (Å²) < 4.78 is 27.8. The lowest BCUT2D eigenvalue weighted by molar-refractivity contribution is -0.120. The molecule has 1 amide bonds. The number of benzene rings is 3. The van der Waals surface area contributed by atoms with Gasteiger partial charge in [0, 0.05) is 40.6 Å². The predicted octanol–water partition coefficient (Wildman–Crippen LogP) is 4.22. The van der Waals surface area contributed by atoms with Crippen LogP contribution in [0.15, 0.2) is 76.5 Å². The monoisotopic (exact) mass is 520 g/mol. The standard InChI is InChI=1S/C27H24N2O5S2/c1-35-22-11-4-5-12-23(22)36(33,34)29-15-13-17(14-16-29)27(32)28-21-10-6-9-20-24(21)26(31)19-8-3-2-7-18(19)25(20)30/h2-12,17H,13-16H2,1H3,(H,28,32). The van der Waals surface area contributed by atoms with Crippen LogP contribution in [0.4, 0.5) is 5.69 Å².